The van der Waals surface area contributed by atoms with Crippen LogP contribution in [0, 0.1) is 5.82 Å². The van der Waals surface area contributed by atoms with Gasteiger partial charge in [0.1, 0.15) is 5.82 Å². The highest BCUT2D eigenvalue weighted by Crippen LogP contribution is 2.19. The highest BCUT2D eigenvalue weighted by molar-refractivity contribution is 9.10. The molecule has 0 aromatic heterocycles. The van der Waals surface area contributed by atoms with Crippen LogP contribution in [0.1, 0.15) is 23.2 Å². The summed E-state index contributed by atoms with van der Waals surface area (Å²) in [7, 11) is -3.30. The molecule has 1 aliphatic rings. The fraction of sp³-hybridized carbons (Fsp3) is 0.462. The summed E-state index contributed by atoms with van der Waals surface area (Å²) in [5.74, 6) is -0.787. The molecule has 0 bridgehead atoms. The highest BCUT2D eigenvalue weighted by atomic mass is 79.9. The van der Waals surface area contributed by atoms with Crippen molar-refractivity contribution < 1.29 is 17.6 Å². The molecule has 1 saturated heterocycles. The Bertz CT molecular complexity index is 651. The van der Waals surface area contributed by atoms with Crippen molar-refractivity contribution in [2.45, 2.75) is 18.9 Å². The van der Waals surface area contributed by atoms with E-state index in [1.165, 1.54) is 12.1 Å². The number of piperidine rings is 1. The van der Waals surface area contributed by atoms with E-state index in [9.17, 15) is 17.6 Å². The van der Waals surface area contributed by atoms with E-state index in [0.717, 1.165) is 6.26 Å². The summed E-state index contributed by atoms with van der Waals surface area (Å²) in [4.78, 5) is 13.9. The van der Waals surface area contributed by atoms with E-state index < -0.39 is 15.8 Å². The van der Waals surface area contributed by atoms with Crippen LogP contribution < -0.4 is 4.72 Å². The van der Waals surface area contributed by atoms with Gasteiger partial charge in [-0.15, -0.1) is 0 Å². The van der Waals surface area contributed by atoms with Crippen molar-refractivity contribution in [3.8, 4) is 0 Å². The Morgan fingerprint density at radius 1 is 1.48 bits per heavy atom. The first-order chi connectivity index (χ1) is 9.76. The first-order valence-electron chi connectivity index (χ1n) is 6.48. The fourth-order valence-corrected chi connectivity index (χ4v) is 3.42. The zero-order chi connectivity index (χ0) is 15.6. The fourth-order valence-electron chi connectivity index (χ4n) is 2.37. The third-order valence-electron chi connectivity index (χ3n) is 3.26. The second kappa shape index (κ2) is 6.41. The van der Waals surface area contributed by atoms with E-state index in [1.807, 2.05) is 0 Å². The molecule has 1 unspecified atom stereocenters. The summed E-state index contributed by atoms with van der Waals surface area (Å²) in [6.45, 7) is 0.835. The lowest BCUT2D eigenvalue weighted by molar-refractivity contribution is 0.0702. The Balaban J connectivity index is 2.10. The molecular weight excluding hydrogens is 363 g/mol. The standard InChI is InChI=1S/C13H16BrFN2O3S/c1-21(19,20)16-10-3-2-6-17(8-10)13(18)9-4-5-11(14)12(15)7-9/h4-5,7,10,16H,2-3,6,8H2,1H3. The second-order valence-electron chi connectivity index (χ2n) is 5.11. The van der Waals surface area contributed by atoms with Gasteiger partial charge in [-0.2, -0.15) is 0 Å². The molecule has 0 saturated carbocycles. The number of nitrogens with one attached hydrogen (secondary N) is 1. The third-order valence-corrected chi connectivity index (χ3v) is 4.66. The Morgan fingerprint density at radius 3 is 2.81 bits per heavy atom. The van der Waals surface area contributed by atoms with Gasteiger partial charge in [0.15, 0.2) is 0 Å². The van der Waals surface area contributed by atoms with Crippen LogP contribution in [0.3, 0.4) is 0 Å². The lowest BCUT2D eigenvalue weighted by atomic mass is 10.1. The minimum Gasteiger partial charge on any atom is -0.337 e. The summed E-state index contributed by atoms with van der Waals surface area (Å²) in [5, 5.41) is 0. The van der Waals surface area contributed by atoms with Gasteiger partial charge >= 0.3 is 0 Å². The molecule has 21 heavy (non-hydrogen) atoms. The number of nitrogens with zero attached hydrogens (tertiary/aromatic N) is 1. The number of halogens is 2. The van der Waals surface area contributed by atoms with E-state index >= 15 is 0 Å². The van der Waals surface area contributed by atoms with Crippen molar-refractivity contribution in [2.24, 2.45) is 0 Å². The maximum atomic E-state index is 13.5. The smallest absolute Gasteiger partial charge is 0.254 e. The number of hydrogen-bond donors (Lipinski definition) is 1. The monoisotopic (exact) mass is 378 g/mol. The minimum atomic E-state index is -3.30. The Labute approximate surface area is 131 Å². The molecular formula is C13H16BrFN2O3S. The van der Waals surface area contributed by atoms with Gasteiger partial charge in [0.25, 0.3) is 5.91 Å². The van der Waals surface area contributed by atoms with Crippen LogP contribution in [0.2, 0.25) is 0 Å². The molecule has 2 rings (SSSR count). The van der Waals surface area contributed by atoms with E-state index in [0.29, 0.717) is 30.4 Å². The largest absolute Gasteiger partial charge is 0.337 e. The van der Waals surface area contributed by atoms with Crippen molar-refractivity contribution in [3.63, 3.8) is 0 Å². The number of carbonyl (C=O) groups excluding carboxylic acids is 1. The molecule has 1 fully saturated rings. The number of carbonyl (C=O) groups is 1. The number of rotatable bonds is 3. The van der Waals surface area contributed by atoms with Crippen LogP contribution in [0.15, 0.2) is 22.7 Å². The van der Waals surface area contributed by atoms with E-state index in [-0.39, 0.29) is 17.5 Å². The van der Waals surface area contributed by atoms with Crippen molar-refractivity contribution in [2.75, 3.05) is 19.3 Å². The Kier molecular flexibility index (Phi) is 5.00. The number of sulfonamides is 1. The van der Waals surface area contributed by atoms with Crippen molar-refractivity contribution in [1.82, 2.24) is 9.62 Å². The molecule has 1 aromatic carbocycles. The van der Waals surface area contributed by atoms with Gasteiger partial charge in [-0.25, -0.2) is 17.5 Å². The summed E-state index contributed by atoms with van der Waals surface area (Å²) in [6, 6.07) is 3.92. The van der Waals surface area contributed by atoms with Gasteiger partial charge in [-0.3, -0.25) is 4.79 Å². The minimum absolute atomic E-state index is 0.260. The van der Waals surface area contributed by atoms with Crippen molar-refractivity contribution >= 4 is 31.9 Å². The molecule has 1 aliphatic heterocycles. The molecule has 116 valence electrons. The molecule has 1 N–H and O–H groups in total. The molecule has 1 aromatic rings. The second-order valence-corrected chi connectivity index (χ2v) is 7.74. The normalized spacial score (nSPS) is 19.6. The van der Waals surface area contributed by atoms with Crippen molar-refractivity contribution in [3.05, 3.63) is 34.1 Å². The predicted octanol–water partition coefficient (Wildman–Crippen LogP) is 1.74. The molecule has 1 atom stereocenters. The molecule has 0 spiro atoms. The maximum absolute atomic E-state index is 13.5. The predicted molar refractivity (Wildman–Crippen MR) is 81.0 cm³/mol. The quantitative estimate of drug-likeness (QED) is 0.870. The number of likely N-dealkylation sites (tertiary alicyclic amines) is 1. The molecule has 1 amide bonds. The molecule has 1 heterocycles. The summed E-state index contributed by atoms with van der Waals surface area (Å²) in [5.41, 5.74) is 0.260. The van der Waals surface area contributed by atoms with Crippen LogP contribution in [-0.2, 0) is 10.0 Å². The Morgan fingerprint density at radius 2 is 2.19 bits per heavy atom. The van der Waals surface area contributed by atoms with E-state index in [1.54, 1.807) is 11.0 Å². The Hall–Kier alpha value is -0.990. The van der Waals surface area contributed by atoms with Gasteiger partial charge in [0.2, 0.25) is 10.0 Å². The average molecular weight is 379 g/mol. The lowest BCUT2D eigenvalue weighted by Gasteiger charge is -2.32. The van der Waals surface area contributed by atoms with Crippen molar-refractivity contribution in [1.29, 1.82) is 0 Å². The van der Waals surface area contributed by atoms with Crippen LogP contribution in [0.25, 0.3) is 0 Å². The maximum Gasteiger partial charge on any atom is 0.254 e. The van der Waals surface area contributed by atoms with Gasteiger partial charge in [0.05, 0.1) is 10.7 Å². The zero-order valence-corrected chi connectivity index (χ0v) is 13.9. The van der Waals surface area contributed by atoms with Crippen LogP contribution in [-0.4, -0.2) is 44.6 Å². The van der Waals surface area contributed by atoms with Crippen LogP contribution in [0.5, 0.6) is 0 Å². The number of benzene rings is 1. The van der Waals surface area contributed by atoms with Crippen LogP contribution in [0.4, 0.5) is 4.39 Å². The summed E-state index contributed by atoms with van der Waals surface area (Å²) >= 11 is 3.04. The third kappa shape index (κ3) is 4.49. The van der Waals surface area contributed by atoms with E-state index in [4.69, 9.17) is 0 Å². The van der Waals surface area contributed by atoms with Gasteiger partial charge in [0, 0.05) is 24.7 Å². The summed E-state index contributed by atoms with van der Waals surface area (Å²) in [6.07, 6.45) is 2.49. The zero-order valence-electron chi connectivity index (χ0n) is 11.5. The van der Waals surface area contributed by atoms with Gasteiger partial charge < -0.3 is 4.90 Å². The number of hydrogen-bond acceptors (Lipinski definition) is 3. The SMILES string of the molecule is CS(=O)(=O)NC1CCCN(C(=O)c2ccc(Br)c(F)c2)C1. The summed E-state index contributed by atoms with van der Waals surface area (Å²) < 4.78 is 38.8. The molecule has 8 heteroatoms. The van der Waals surface area contributed by atoms with Crippen LogP contribution >= 0.6 is 15.9 Å². The topological polar surface area (TPSA) is 66.5 Å². The van der Waals surface area contributed by atoms with E-state index in [2.05, 4.69) is 20.7 Å². The highest BCUT2D eigenvalue weighted by Gasteiger charge is 2.26. The van der Waals surface area contributed by atoms with Gasteiger partial charge in [-0.05, 0) is 47.0 Å². The lowest BCUT2D eigenvalue weighted by Crippen LogP contribution is -2.49. The number of amides is 1. The molecule has 5 nitrogen and oxygen atoms in total. The van der Waals surface area contributed by atoms with Gasteiger partial charge in [-0.1, -0.05) is 0 Å². The average Bonchev–Trinajstić information content (AvgIpc) is 2.39. The first-order valence-corrected chi connectivity index (χ1v) is 9.16. The molecule has 0 aliphatic carbocycles. The first kappa shape index (κ1) is 16.4. The molecule has 0 radical (unpaired) electrons.